The van der Waals surface area contributed by atoms with Gasteiger partial charge in [0.1, 0.15) is 10.5 Å². The molecule has 23 heavy (non-hydrogen) atoms. The Bertz CT molecular complexity index is 959. The second-order valence-electron chi connectivity index (χ2n) is 5.84. The van der Waals surface area contributed by atoms with Gasteiger partial charge in [-0.1, -0.05) is 12.1 Å². The molecule has 0 atom stereocenters. The number of aryl methyl sites for hydroxylation is 1. The number of aromatic nitrogens is 2. The van der Waals surface area contributed by atoms with Crippen molar-refractivity contribution >= 4 is 26.7 Å². The molecule has 6 heteroatoms. The molecule has 0 bridgehead atoms. The number of hydrogen-bond donors (Lipinski definition) is 1. The molecule has 2 heterocycles. The molecule has 0 aliphatic heterocycles. The van der Waals surface area contributed by atoms with Crippen LogP contribution in [0, 0.1) is 6.92 Å². The van der Waals surface area contributed by atoms with E-state index in [1.54, 1.807) is 36.7 Å². The molecule has 0 amide bonds. The maximum Gasteiger partial charge on any atom is 0.264 e. The number of nitrogens with one attached hydrogen (secondary N) is 1. The average Bonchev–Trinajstić information content (AvgIpc) is 2.87. The van der Waals surface area contributed by atoms with Gasteiger partial charge in [0.2, 0.25) is 0 Å². The van der Waals surface area contributed by atoms with Crippen molar-refractivity contribution in [2.24, 2.45) is 0 Å². The predicted molar refractivity (Wildman–Crippen MR) is 92.1 cm³/mol. The van der Waals surface area contributed by atoms with Crippen molar-refractivity contribution in [1.82, 2.24) is 9.55 Å². The summed E-state index contributed by atoms with van der Waals surface area (Å²) in [6.45, 7) is 5.92. The molecular weight excluding hydrogens is 310 g/mol. The van der Waals surface area contributed by atoms with Gasteiger partial charge in [0.15, 0.2) is 0 Å². The molecule has 1 aromatic carbocycles. The maximum absolute atomic E-state index is 12.8. The lowest BCUT2D eigenvalue weighted by Crippen LogP contribution is -2.12. The van der Waals surface area contributed by atoms with Crippen molar-refractivity contribution in [3.8, 4) is 0 Å². The third kappa shape index (κ3) is 2.94. The van der Waals surface area contributed by atoms with Crippen LogP contribution in [0.5, 0.6) is 0 Å². The fraction of sp³-hybridized carbons (Fsp3) is 0.235. The Balaban J connectivity index is 2.12. The molecule has 0 saturated carbocycles. The molecule has 0 aliphatic rings. The Morgan fingerprint density at radius 3 is 2.65 bits per heavy atom. The number of nitrogens with zero attached hydrogens (tertiary/aromatic N) is 2. The smallest absolute Gasteiger partial charge is 0.264 e. The quantitative estimate of drug-likeness (QED) is 0.793. The van der Waals surface area contributed by atoms with Crippen molar-refractivity contribution in [3.63, 3.8) is 0 Å². The van der Waals surface area contributed by atoms with Gasteiger partial charge in [-0.15, -0.1) is 0 Å². The van der Waals surface area contributed by atoms with Crippen molar-refractivity contribution in [1.29, 1.82) is 0 Å². The fourth-order valence-corrected chi connectivity index (χ4v) is 3.83. The maximum atomic E-state index is 12.8. The number of fused-ring (bicyclic) bond motifs is 1. The molecule has 3 rings (SSSR count). The highest BCUT2D eigenvalue weighted by molar-refractivity contribution is 7.93. The summed E-state index contributed by atoms with van der Waals surface area (Å²) in [5, 5.41) is 0.626. The number of anilines is 1. The second kappa shape index (κ2) is 5.70. The largest absolute Gasteiger partial charge is 0.329 e. The van der Waals surface area contributed by atoms with Gasteiger partial charge in [-0.2, -0.15) is 0 Å². The van der Waals surface area contributed by atoms with E-state index in [4.69, 9.17) is 0 Å². The molecule has 3 aromatic rings. The summed E-state index contributed by atoms with van der Waals surface area (Å²) in [4.78, 5) is 4.57. The highest BCUT2D eigenvalue weighted by Gasteiger charge is 2.22. The van der Waals surface area contributed by atoms with Gasteiger partial charge in [0.25, 0.3) is 10.0 Å². The zero-order valence-corrected chi connectivity index (χ0v) is 14.1. The lowest BCUT2D eigenvalue weighted by atomic mass is 10.2. The molecule has 5 nitrogen and oxygen atoms in total. The van der Waals surface area contributed by atoms with E-state index in [0.29, 0.717) is 16.7 Å². The van der Waals surface area contributed by atoms with Gasteiger partial charge in [-0.05, 0) is 50.6 Å². The molecule has 0 unspecified atom stereocenters. The van der Waals surface area contributed by atoms with Gasteiger partial charge in [-0.3, -0.25) is 4.72 Å². The number of sulfonamides is 1. The molecule has 0 aliphatic carbocycles. The number of rotatable bonds is 4. The van der Waals surface area contributed by atoms with Crippen LogP contribution in [0.25, 0.3) is 11.0 Å². The zero-order chi connectivity index (χ0) is 16.6. The number of benzene rings is 1. The molecule has 120 valence electrons. The predicted octanol–water partition coefficient (Wildman–Crippen LogP) is 3.73. The van der Waals surface area contributed by atoms with Crippen molar-refractivity contribution in [3.05, 3.63) is 54.4 Å². The van der Waals surface area contributed by atoms with E-state index in [0.717, 1.165) is 5.56 Å². The highest BCUT2D eigenvalue weighted by atomic mass is 32.2. The first-order chi connectivity index (χ1) is 10.9. The minimum Gasteiger partial charge on any atom is -0.329 e. The summed E-state index contributed by atoms with van der Waals surface area (Å²) in [5.41, 5.74) is 2.22. The molecule has 2 aromatic heterocycles. The van der Waals surface area contributed by atoms with E-state index < -0.39 is 10.0 Å². The fourth-order valence-electron chi connectivity index (χ4n) is 2.58. The Kier molecular flexibility index (Phi) is 3.85. The SMILES string of the molecule is Cc1cccc(NS(=O)(=O)c2cn(C(C)C)c3ncccc23)c1. The van der Waals surface area contributed by atoms with Crippen molar-refractivity contribution < 1.29 is 8.42 Å². The van der Waals surface area contributed by atoms with E-state index in [2.05, 4.69) is 9.71 Å². The first-order valence-corrected chi connectivity index (χ1v) is 8.92. The Labute approximate surface area is 136 Å². The van der Waals surface area contributed by atoms with E-state index in [-0.39, 0.29) is 10.9 Å². The van der Waals surface area contributed by atoms with Crippen LogP contribution in [0.1, 0.15) is 25.5 Å². The second-order valence-corrected chi connectivity index (χ2v) is 7.49. The van der Waals surface area contributed by atoms with Crippen molar-refractivity contribution in [2.45, 2.75) is 31.7 Å². The van der Waals surface area contributed by atoms with Crippen LogP contribution < -0.4 is 4.72 Å². The Morgan fingerprint density at radius 2 is 1.96 bits per heavy atom. The summed E-state index contributed by atoms with van der Waals surface area (Å²) in [5.74, 6) is 0. The summed E-state index contributed by atoms with van der Waals surface area (Å²) in [6, 6.07) is 10.9. The minimum absolute atomic E-state index is 0.121. The van der Waals surface area contributed by atoms with Gasteiger partial charge in [0.05, 0.1) is 0 Å². The minimum atomic E-state index is -3.68. The first kappa shape index (κ1) is 15.6. The standard InChI is InChI=1S/C17H19N3O2S/c1-12(2)20-11-16(15-8-5-9-18-17(15)20)23(21,22)19-14-7-4-6-13(3)10-14/h4-12,19H,1-3H3. The van der Waals surface area contributed by atoms with Crippen LogP contribution in [-0.2, 0) is 10.0 Å². The molecule has 0 saturated heterocycles. The van der Waals surface area contributed by atoms with E-state index in [1.165, 1.54) is 0 Å². The van der Waals surface area contributed by atoms with Crippen LogP contribution in [0.15, 0.2) is 53.7 Å². The number of pyridine rings is 1. The van der Waals surface area contributed by atoms with Crippen LogP contribution >= 0.6 is 0 Å². The topological polar surface area (TPSA) is 64.0 Å². The lowest BCUT2D eigenvalue weighted by Gasteiger charge is -2.08. The molecule has 1 N–H and O–H groups in total. The molecule has 0 spiro atoms. The highest BCUT2D eigenvalue weighted by Crippen LogP contribution is 2.28. The van der Waals surface area contributed by atoms with Crippen LogP contribution in [0.2, 0.25) is 0 Å². The van der Waals surface area contributed by atoms with Gasteiger partial charge in [-0.25, -0.2) is 13.4 Å². The van der Waals surface area contributed by atoms with E-state index in [1.807, 2.05) is 37.5 Å². The Hall–Kier alpha value is -2.34. The lowest BCUT2D eigenvalue weighted by molar-refractivity contribution is 0.596. The van der Waals surface area contributed by atoms with Crippen LogP contribution in [-0.4, -0.2) is 18.0 Å². The summed E-state index contributed by atoms with van der Waals surface area (Å²) in [6.07, 6.45) is 3.33. The molecule has 0 radical (unpaired) electrons. The monoisotopic (exact) mass is 329 g/mol. The molecule has 0 fully saturated rings. The first-order valence-electron chi connectivity index (χ1n) is 7.43. The third-order valence-electron chi connectivity index (χ3n) is 3.67. The summed E-state index contributed by atoms with van der Waals surface area (Å²) in [7, 11) is -3.68. The molecular formula is C17H19N3O2S. The average molecular weight is 329 g/mol. The van der Waals surface area contributed by atoms with Crippen LogP contribution in [0.4, 0.5) is 5.69 Å². The normalized spacial score (nSPS) is 12.0. The van der Waals surface area contributed by atoms with Crippen molar-refractivity contribution in [2.75, 3.05) is 4.72 Å². The van der Waals surface area contributed by atoms with E-state index in [9.17, 15) is 8.42 Å². The number of hydrogen-bond acceptors (Lipinski definition) is 3. The van der Waals surface area contributed by atoms with Gasteiger partial charge >= 0.3 is 0 Å². The summed E-state index contributed by atoms with van der Waals surface area (Å²) < 4.78 is 30.1. The summed E-state index contributed by atoms with van der Waals surface area (Å²) >= 11 is 0. The van der Waals surface area contributed by atoms with Gasteiger partial charge < -0.3 is 4.57 Å². The zero-order valence-electron chi connectivity index (χ0n) is 13.3. The Morgan fingerprint density at radius 1 is 1.17 bits per heavy atom. The van der Waals surface area contributed by atoms with Gasteiger partial charge in [0, 0.05) is 29.5 Å². The van der Waals surface area contributed by atoms with Crippen LogP contribution in [0.3, 0.4) is 0 Å². The van der Waals surface area contributed by atoms with E-state index >= 15 is 0 Å². The third-order valence-corrected chi connectivity index (χ3v) is 5.08.